The van der Waals surface area contributed by atoms with Crippen LogP contribution in [0, 0.1) is 5.92 Å². The molecule has 1 aromatic rings. The molecule has 2 rings (SSSR count). The van der Waals surface area contributed by atoms with Crippen LogP contribution >= 0.6 is 0 Å². The molecule has 1 aromatic heterocycles. The van der Waals surface area contributed by atoms with E-state index in [-0.39, 0.29) is 0 Å². The third-order valence-corrected chi connectivity index (χ3v) is 3.53. The third-order valence-electron chi connectivity index (χ3n) is 3.53. The highest BCUT2D eigenvalue weighted by Gasteiger charge is 2.40. The number of nitrogens with zero attached hydrogens (tertiary/aromatic N) is 1. The molecule has 1 fully saturated rings. The number of hydrogen-bond acceptors (Lipinski definition) is 3. The van der Waals surface area contributed by atoms with Gasteiger partial charge in [-0.1, -0.05) is 6.92 Å². The average molecular weight is 221 g/mol. The standard InChI is InChI=1S/C13H19NO2/c1-3-16-12-7-11(8-14-9-12)13(15)6-4-5-10(13)2/h7-10,15H,3-6H2,1-2H3. The lowest BCUT2D eigenvalue weighted by atomic mass is 9.86. The van der Waals surface area contributed by atoms with E-state index < -0.39 is 5.60 Å². The van der Waals surface area contributed by atoms with E-state index in [1.807, 2.05) is 13.0 Å². The highest BCUT2D eigenvalue weighted by molar-refractivity contribution is 5.29. The molecule has 3 heteroatoms. The second-order valence-corrected chi connectivity index (χ2v) is 4.56. The van der Waals surface area contributed by atoms with Crippen molar-refractivity contribution in [1.29, 1.82) is 0 Å². The first-order chi connectivity index (χ1) is 7.66. The molecule has 0 amide bonds. The number of aliphatic hydroxyl groups is 1. The summed E-state index contributed by atoms with van der Waals surface area (Å²) in [6, 6.07) is 1.92. The van der Waals surface area contributed by atoms with Crippen molar-refractivity contribution >= 4 is 0 Å². The maximum atomic E-state index is 10.6. The van der Waals surface area contributed by atoms with Gasteiger partial charge in [0.15, 0.2) is 0 Å². The molecule has 0 bridgehead atoms. The van der Waals surface area contributed by atoms with E-state index in [0.29, 0.717) is 12.5 Å². The minimum Gasteiger partial charge on any atom is -0.492 e. The predicted octanol–water partition coefficient (Wildman–Crippen LogP) is 2.49. The lowest BCUT2D eigenvalue weighted by Gasteiger charge is -2.28. The molecule has 1 heterocycles. The van der Waals surface area contributed by atoms with E-state index in [2.05, 4.69) is 11.9 Å². The van der Waals surface area contributed by atoms with Gasteiger partial charge in [-0.05, 0) is 38.2 Å². The quantitative estimate of drug-likeness (QED) is 0.852. The van der Waals surface area contributed by atoms with Gasteiger partial charge in [-0.25, -0.2) is 0 Å². The first-order valence-corrected chi connectivity index (χ1v) is 5.97. The highest BCUT2D eigenvalue weighted by atomic mass is 16.5. The Morgan fingerprint density at radius 3 is 3.00 bits per heavy atom. The number of rotatable bonds is 3. The summed E-state index contributed by atoms with van der Waals surface area (Å²) >= 11 is 0. The third kappa shape index (κ3) is 1.92. The average Bonchev–Trinajstić information content (AvgIpc) is 2.62. The molecule has 1 N–H and O–H groups in total. The lowest BCUT2D eigenvalue weighted by molar-refractivity contribution is 0.00395. The first-order valence-electron chi connectivity index (χ1n) is 5.97. The molecular formula is C13H19NO2. The molecule has 0 aromatic carbocycles. The van der Waals surface area contributed by atoms with Crippen molar-refractivity contribution in [3.05, 3.63) is 24.0 Å². The van der Waals surface area contributed by atoms with Gasteiger partial charge in [-0.15, -0.1) is 0 Å². The molecule has 0 aliphatic heterocycles. The van der Waals surface area contributed by atoms with Gasteiger partial charge in [0, 0.05) is 11.8 Å². The van der Waals surface area contributed by atoms with Crippen molar-refractivity contribution in [2.45, 2.75) is 38.7 Å². The molecule has 3 nitrogen and oxygen atoms in total. The Bertz CT molecular complexity index is 367. The smallest absolute Gasteiger partial charge is 0.137 e. The van der Waals surface area contributed by atoms with E-state index >= 15 is 0 Å². The molecule has 0 spiro atoms. The monoisotopic (exact) mass is 221 g/mol. The van der Waals surface area contributed by atoms with Crippen LogP contribution in [0.4, 0.5) is 0 Å². The number of aromatic nitrogens is 1. The fourth-order valence-electron chi connectivity index (χ4n) is 2.49. The minimum absolute atomic E-state index is 0.297. The van der Waals surface area contributed by atoms with Crippen LogP contribution in [0.5, 0.6) is 5.75 Å². The topological polar surface area (TPSA) is 42.4 Å². The van der Waals surface area contributed by atoms with Gasteiger partial charge in [0.25, 0.3) is 0 Å². The van der Waals surface area contributed by atoms with Gasteiger partial charge in [0.1, 0.15) is 5.75 Å². The summed E-state index contributed by atoms with van der Waals surface area (Å²) in [7, 11) is 0. The van der Waals surface area contributed by atoms with Crippen molar-refractivity contribution in [2.24, 2.45) is 5.92 Å². The Hall–Kier alpha value is -1.09. The SMILES string of the molecule is CCOc1cncc(C2(O)CCCC2C)c1. The van der Waals surface area contributed by atoms with E-state index in [0.717, 1.165) is 30.6 Å². The van der Waals surface area contributed by atoms with Crippen LogP contribution in [0.1, 0.15) is 38.7 Å². The maximum Gasteiger partial charge on any atom is 0.137 e. The predicted molar refractivity (Wildman–Crippen MR) is 62.3 cm³/mol. The molecule has 1 aliphatic carbocycles. The Morgan fingerprint density at radius 1 is 1.56 bits per heavy atom. The summed E-state index contributed by atoms with van der Waals surface area (Å²) in [5.74, 6) is 1.04. The van der Waals surface area contributed by atoms with Crippen LogP contribution < -0.4 is 4.74 Å². The molecule has 2 atom stereocenters. The molecule has 16 heavy (non-hydrogen) atoms. The zero-order valence-electron chi connectivity index (χ0n) is 9.94. The van der Waals surface area contributed by atoms with Gasteiger partial charge in [-0.2, -0.15) is 0 Å². The fraction of sp³-hybridized carbons (Fsp3) is 0.615. The molecule has 88 valence electrons. The minimum atomic E-state index is -0.708. The molecule has 0 radical (unpaired) electrons. The van der Waals surface area contributed by atoms with Crippen molar-refractivity contribution in [1.82, 2.24) is 4.98 Å². The zero-order valence-corrected chi connectivity index (χ0v) is 9.94. The van der Waals surface area contributed by atoms with Crippen molar-refractivity contribution in [2.75, 3.05) is 6.61 Å². The van der Waals surface area contributed by atoms with Crippen molar-refractivity contribution in [3.8, 4) is 5.75 Å². The summed E-state index contributed by atoms with van der Waals surface area (Å²) in [5.41, 5.74) is 0.184. The van der Waals surface area contributed by atoms with Crippen molar-refractivity contribution < 1.29 is 9.84 Å². The summed E-state index contributed by atoms with van der Waals surface area (Å²) in [5, 5.41) is 10.6. The number of ether oxygens (including phenoxy) is 1. The first kappa shape index (κ1) is 11.4. The Balaban J connectivity index is 2.29. The molecular weight excluding hydrogens is 202 g/mol. The fourth-order valence-corrected chi connectivity index (χ4v) is 2.49. The number of pyridine rings is 1. The maximum absolute atomic E-state index is 10.6. The second kappa shape index (κ2) is 4.42. The van der Waals surface area contributed by atoms with E-state index in [1.165, 1.54) is 0 Å². The summed E-state index contributed by atoms with van der Waals surface area (Å²) < 4.78 is 5.41. The molecule has 0 saturated heterocycles. The molecule has 1 aliphatic rings. The summed E-state index contributed by atoms with van der Waals surface area (Å²) in [6.45, 7) is 4.67. The zero-order chi connectivity index (χ0) is 11.6. The highest BCUT2D eigenvalue weighted by Crippen LogP contribution is 2.43. The van der Waals surface area contributed by atoms with Crippen LogP contribution in [0.3, 0.4) is 0 Å². The Kier molecular flexibility index (Phi) is 3.15. The van der Waals surface area contributed by atoms with E-state index in [4.69, 9.17) is 4.74 Å². The van der Waals surface area contributed by atoms with Crippen LogP contribution in [0.25, 0.3) is 0 Å². The normalized spacial score (nSPS) is 29.3. The van der Waals surface area contributed by atoms with Gasteiger partial charge < -0.3 is 9.84 Å². The van der Waals surface area contributed by atoms with Crippen LogP contribution in [-0.4, -0.2) is 16.7 Å². The van der Waals surface area contributed by atoms with Crippen molar-refractivity contribution in [3.63, 3.8) is 0 Å². The summed E-state index contributed by atoms with van der Waals surface area (Å²) in [6.07, 6.45) is 6.43. The molecule has 1 saturated carbocycles. The van der Waals surface area contributed by atoms with Gasteiger partial charge >= 0.3 is 0 Å². The Morgan fingerprint density at radius 2 is 2.38 bits per heavy atom. The van der Waals surface area contributed by atoms with E-state index in [1.54, 1.807) is 12.4 Å². The van der Waals surface area contributed by atoms with Crippen LogP contribution in [0.2, 0.25) is 0 Å². The van der Waals surface area contributed by atoms with Gasteiger partial charge in [0.05, 0.1) is 18.4 Å². The van der Waals surface area contributed by atoms with Gasteiger partial charge in [-0.3, -0.25) is 4.98 Å². The van der Waals surface area contributed by atoms with Gasteiger partial charge in [0.2, 0.25) is 0 Å². The number of hydrogen-bond donors (Lipinski definition) is 1. The second-order valence-electron chi connectivity index (χ2n) is 4.56. The summed E-state index contributed by atoms with van der Waals surface area (Å²) in [4.78, 5) is 4.14. The molecule has 2 unspecified atom stereocenters. The van der Waals surface area contributed by atoms with Crippen LogP contribution in [0.15, 0.2) is 18.5 Å². The van der Waals surface area contributed by atoms with E-state index in [9.17, 15) is 5.11 Å². The van der Waals surface area contributed by atoms with Crippen LogP contribution in [-0.2, 0) is 5.60 Å². The lowest BCUT2D eigenvalue weighted by Crippen LogP contribution is -2.28. The largest absolute Gasteiger partial charge is 0.492 e. The Labute approximate surface area is 96.5 Å².